The van der Waals surface area contributed by atoms with Gasteiger partial charge in [0.1, 0.15) is 5.82 Å². The van der Waals surface area contributed by atoms with Gasteiger partial charge in [0.15, 0.2) is 0 Å². The van der Waals surface area contributed by atoms with Crippen LogP contribution in [0.5, 0.6) is 0 Å². The number of halogens is 3. The number of para-hydroxylation sites is 2. The van der Waals surface area contributed by atoms with Crippen LogP contribution in [0.4, 0.5) is 13.2 Å². The van der Waals surface area contributed by atoms with Crippen LogP contribution in [-0.4, -0.2) is 35.8 Å². The maximum absolute atomic E-state index is 13.2. The van der Waals surface area contributed by atoms with Gasteiger partial charge in [-0.15, -0.1) is 0 Å². The molecule has 4 rings (SSSR count). The van der Waals surface area contributed by atoms with Crippen LogP contribution in [0.1, 0.15) is 30.1 Å². The third-order valence-electron chi connectivity index (χ3n) is 5.06. The second-order valence-corrected chi connectivity index (χ2v) is 8.72. The van der Waals surface area contributed by atoms with Crippen molar-refractivity contribution in [1.82, 2.24) is 14.3 Å². The Hall–Kier alpha value is -2.39. The van der Waals surface area contributed by atoms with E-state index in [1.54, 1.807) is 0 Å². The van der Waals surface area contributed by atoms with Crippen LogP contribution in [0.25, 0.3) is 11.0 Å². The van der Waals surface area contributed by atoms with E-state index in [4.69, 9.17) is 0 Å². The van der Waals surface area contributed by atoms with Gasteiger partial charge < -0.3 is 4.98 Å². The minimum Gasteiger partial charge on any atom is -0.342 e. The maximum atomic E-state index is 13.2. The SMILES string of the molecule is O=S(=O)(c1ccccc1C(F)(F)F)N1CCC(c2nc3ccccc3[nH]2)CC1. The molecule has 148 valence electrons. The lowest BCUT2D eigenvalue weighted by Gasteiger charge is -2.31. The number of sulfonamides is 1. The van der Waals surface area contributed by atoms with Crippen LogP contribution < -0.4 is 0 Å². The Morgan fingerprint density at radius 2 is 1.64 bits per heavy atom. The monoisotopic (exact) mass is 409 g/mol. The third kappa shape index (κ3) is 3.40. The van der Waals surface area contributed by atoms with Crippen molar-refractivity contribution in [3.8, 4) is 0 Å². The first-order valence-electron chi connectivity index (χ1n) is 8.88. The van der Waals surface area contributed by atoms with Gasteiger partial charge in [-0.3, -0.25) is 0 Å². The second kappa shape index (κ2) is 6.89. The molecule has 1 aliphatic heterocycles. The van der Waals surface area contributed by atoms with Crippen molar-refractivity contribution in [2.75, 3.05) is 13.1 Å². The molecule has 0 radical (unpaired) electrons. The lowest BCUT2D eigenvalue weighted by atomic mass is 9.97. The predicted octanol–water partition coefficient (Wildman–Crippen LogP) is 4.15. The first-order valence-corrected chi connectivity index (χ1v) is 10.3. The number of nitrogens with zero attached hydrogens (tertiary/aromatic N) is 2. The minimum atomic E-state index is -4.73. The summed E-state index contributed by atoms with van der Waals surface area (Å²) in [6.45, 7) is 0.298. The molecule has 0 unspecified atom stereocenters. The fourth-order valence-corrected chi connectivity index (χ4v) is 5.28. The van der Waals surface area contributed by atoms with Crippen molar-refractivity contribution in [2.45, 2.75) is 29.8 Å². The quantitative estimate of drug-likeness (QED) is 0.707. The fraction of sp³-hybridized carbons (Fsp3) is 0.316. The van der Waals surface area contributed by atoms with Gasteiger partial charge in [-0.1, -0.05) is 24.3 Å². The Balaban J connectivity index is 1.55. The standard InChI is InChI=1S/C19H18F3N3O2S/c20-19(21,22)14-5-1-4-8-17(14)28(26,27)25-11-9-13(10-12-25)18-23-15-6-2-3-7-16(15)24-18/h1-8,13H,9-12H2,(H,23,24). The Labute approximate surface area is 160 Å². The average Bonchev–Trinajstić information content (AvgIpc) is 3.12. The molecule has 0 saturated carbocycles. The number of hydrogen-bond acceptors (Lipinski definition) is 3. The van der Waals surface area contributed by atoms with Crippen LogP contribution >= 0.6 is 0 Å². The number of aromatic nitrogens is 2. The molecule has 9 heteroatoms. The van der Waals surface area contributed by atoms with E-state index in [-0.39, 0.29) is 19.0 Å². The molecule has 0 spiro atoms. The molecule has 0 aliphatic carbocycles. The maximum Gasteiger partial charge on any atom is 0.417 e. The summed E-state index contributed by atoms with van der Waals surface area (Å²) in [6.07, 6.45) is -3.74. The molecule has 1 aliphatic rings. The number of imidazole rings is 1. The lowest BCUT2D eigenvalue weighted by Crippen LogP contribution is -2.38. The number of alkyl halides is 3. The minimum absolute atomic E-state index is 0.0386. The fourth-order valence-electron chi connectivity index (χ4n) is 3.60. The van der Waals surface area contributed by atoms with Crippen molar-refractivity contribution < 1.29 is 21.6 Å². The van der Waals surface area contributed by atoms with Crippen molar-refractivity contribution in [1.29, 1.82) is 0 Å². The van der Waals surface area contributed by atoms with Gasteiger partial charge in [-0.2, -0.15) is 17.5 Å². The van der Waals surface area contributed by atoms with E-state index >= 15 is 0 Å². The van der Waals surface area contributed by atoms with Gasteiger partial charge in [0.05, 0.1) is 21.5 Å². The van der Waals surface area contributed by atoms with E-state index in [0.717, 1.165) is 33.3 Å². The summed E-state index contributed by atoms with van der Waals surface area (Å²) in [6, 6.07) is 11.9. The van der Waals surface area contributed by atoms with Gasteiger partial charge >= 0.3 is 6.18 Å². The van der Waals surface area contributed by atoms with E-state index in [0.29, 0.717) is 12.8 Å². The molecule has 2 aromatic carbocycles. The Morgan fingerprint density at radius 3 is 2.32 bits per heavy atom. The van der Waals surface area contributed by atoms with E-state index < -0.39 is 26.7 Å². The highest BCUT2D eigenvalue weighted by Crippen LogP contribution is 2.37. The first-order chi connectivity index (χ1) is 13.3. The van der Waals surface area contributed by atoms with Crippen molar-refractivity contribution in [3.63, 3.8) is 0 Å². The molecule has 1 fully saturated rings. The summed E-state index contributed by atoms with van der Waals surface area (Å²) < 4.78 is 66.5. The van der Waals surface area contributed by atoms with Gasteiger partial charge in [-0.05, 0) is 37.1 Å². The number of rotatable bonds is 3. The highest BCUT2D eigenvalue weighted by Gasteiger charge is 2.39. The van der Waals surface area contributed by atoms with Gasteiger partial charge in [0.2, 0.25) is 10.0 Å². The zero-order chi connectivity index (χ0) is 19.9. The summed E-state index contributed by atoms with van der Waals surface area (Å²) in [5, 5.41) is 0. The van der Waals surface area contributed by atoms with E-state index in [2.05, 4.69) is 9.97 Å². The first kappa shape index (κ1) is 18.9. The Morgan fingerprint density at radius 1 is 1.00 bits per heavy atom. The summed E-state index contributed by atoms with van der Waals surface area (Å²) >= 11 is 0. The zero-order valence-electron chi connectivity index (χ0n) is 14.8. The Bertz CT molecular complexity index is 1070. The summed E-state index contributed by atoms with van der Waals surface area (Å²) in [4.78, 5) is 7.12. The number of fused-ring (bicyclic) bond motifs is 1. The van der Waals surface area contributed by atoms with Crippen LogP contribution in [0.3, 0.4) is 0 Å². The largest absolute Gasteiger partial charge is 0.417 e. The predicted molar refractivity (Wildman–Crippen MR) is 98.3 cm³/mol. The highest BCUT2D eigenvalue weighted by molar-refractivity contribution is 7.89. The van der Waals surface area contributed by atoms with Crippen LogP contribution in [0, 0.1) is 0 Å². The highest BCUT2D eigenvalue weighted by atomic mass is 32.2. The molecule has 28 heavy (non-hydrogen) atoms. The Kier molecular flexibility index (Phi) is 4.67. The molecule has 0 bridgehead atoms. The van der Waals surface area contributed by atoms with Crippen LogP contribution in [-0.2, 0) is 16.2 Å². The van der Waals surface area contributed by atoms with Gasteiger partial charge in [-0.25, -0.2) is 13.4 Å². The smallest absolute Gasteiger partial charge is 0.342 e. The molecule has 0 atom stereocenters. The van der Waals surface area contributed by atoms with Crippen LogP contribution in [0.2, 0.25) is 0 Å². The number of aromatic amines is 1. The van der Waals surface area contributed by atoms with Gasteiger partial charge in [0, 0.05) is 19.0 Å². The number of hydrogen-bond donors (Lipinski definition) is 1. The molecule has 1 saturated heterocycles. The molecular weight excluding hydrogens is 391 g/mol. The number of H-pyrrole nitrogens is 1. The topological polar surface area (TPSA) is 66.1 Å². The molecular formula is C19H18F3N3O2S. The normalized spacial score (nSPS) is 17.2. The lowest BCUT2D eigenvalue weighted by molar-refractivity contribution is -0.139. The molecule has 1 N–H and O–H groups in total. The molecule has 2 heterocycles. The summed E-state index contributed by atoms with van der Waals surface area (Å²) in [7, 11) is -4.22. The second-order valence-electron chi connectivity index (χ2n) is 6.81. The zero-order valence-corrected chi connectivity index (χ0v) is 15.6. The van der Waals surface area contributed by atoms with Crippen molar-refractivity contribution >= 4 is 21.1 Å². The van der Waals surface area contributed by atoms with E-state index in [9.17, 15) is 21.6 Å². The average molecular weight is 409 g/mol. The summed E-state index contributed by atoms with van der Waals surface area (Å²) in [5.41, 5.74) is 0.618. The molecule has 0 amide bonds. The van der Waals surface area contributed by atoms with Crippen LogP contribution in [0.15, 0.2) is 53.4 Å². The van der Waals surface area contributed by atoms with Gasteiger partial charge in [0.25, 0.3) is 0 Å². The molecule has 5 nitrogen and oxygen atoms in total. The number of benzene rings is 2. The molecule has 1 aromatic heterocycles. The van der Waals surface area contributed by atoms with E-state index in [1.165, 1.54) is 12.1 Å². The number of piperidine rings is 1. The third-order valence-corrected chi connectivity index (χ3v) is 7.02. The van der Waals surface area contributed by atoms with Crippen molar-refractivity contribution in [2.24, 2.45) is 0 Å². The summed E-state index contributed by atoms with van der Waals surface area (Å²) in [5.74, 6) is 0.825. The van der Waals surface area contributed by atoms with E-state index in [1.807, 2.05) is 24.3 Å². The number of nitrogens with one attached hydrogen (secondary N) is 1. The molecule has 3 aromatic rings. The van der Waals surface area contributed by atoms with Crippen molar-refractivity contribution in [3.05, 3.63) is 59.9 Å².